The largest absolute Gasteiger partial charge is 0.416 e. The van der Waals surface area contributed by atoms with E-state index >= 15 is 0 Å². The zero-order valence-electron chi connectivity index (χ0n) is 16.5. The number of nitrogens with zero attached hydrogens (tertiary/aromatic N) is 2. The Morgan fingerprint density at radius 2 is 1.80 bits per heavy atom. The fourth-order valence-corrected chi connectivity index (χ4v) is 3.03. The quantitative estimate of drug-likeness (QED) is 0.640. The SMILES string of the molecule is CCCC(=O)Nc1cccc(-c2cc(=O)n(-c3ccc(C(F)(F)F)cc3)nc2C)c1. The number of aryl methyl sites for hydroxylation is 1. The van der Waals surface area contributed by atoms with Crippen LogP contribution in [0.25, 0.3) is 16.8 Å². The molecule has 1 N–H and O–H groups in total. The number of anilines is 1. The van der Waals surface area contributed by atoms with Gasteiger partial charge in [0.2, 0.25) is 5.91 Å². The van der Waals surface area contributed by atoms with Crippen LogP contribution < -0.4 is 10.9 Å². The Hall–Kier alpha value is -3.42. The molecule has 0 spiro atoms. The molecule has 0 unspecified atom stereocenters. The van der Waals surface area contributed by atoms with Crippen molar-refractivity contribution in [1.29, 1.82) is 0 Å². The van der Waals surface area contributed by atoms with Crippen LogP contribution in [0.5, 0.6) is 0 Å². The minimum Gasteiger partial charge on any atom is -0.326 e. The van der Waals surface area contributed by atoms with Crippen LogP contribution in [0.4, 0.5) is 18.9 Å². The summed E-state index contributed by atoms with van der Waals surface area (Å²) in [6.07, 6.45) is -3.31. The molecule has 3 rings (SSSR count). The molecular weight excluding hydrogens is 395 g/mol. The number of carbonyl (C=O) groups is 1. The first kappa shape index (κ1) is 21.3. The first-order valence-electron chi connectivity index (χ1n) is 9.38. The van der Waals surface area contributed by atoms with Crippen molar-refractivity contribution in [1.82, 2.24) is 9.78 Å². The number of alkyl halides is 3. The number of carbonyl (C=O) groups excluding carboxylic acids is 1. The van der Waals surface area contributed by atoms with Crippen molar-refractivity contribution in [2.45, 2.75) is 32.9 Å². The number of amides is 1. The minimum absolute atomic E-state index is 0.0952. The molecule has 3 aromatic rings. The molecule has 0 atom stereocenters. The first-order valence-corrected chi connectivity index (χ1v) is 9.38. The molecule has 156 valence electrons. The lowest BCUT2D eigenvalue weighted by atomic mass is 10.0. The molecule has 2 aromatic carbocycles. The molecule has 30 heavy (non-hydrogen) atoms. The summed E-state index contributed by atoms with van der Waals surface area (Å²) in [5, 5.41) is 7.07. The number of rotatable bonds is 5. The van der Waals surface area contributed by atoms with Gasteiger partial charge in [0.05, 0.1) is 16.9 Å². The maximum Gasteiger partial charge on any atom is 0.416 e. The van der Waals surface area contributed by atoms with Crippen LogP contribution in [0.2, 0.25) is 0 Å². The van der Waals surface area contributed by atoms with Crippen LogP contribution in [0.3, 0.4) is 0 Å². The van der Waals surface area contributed by atoms with E-state index in [4.69, 9.17) is 0 Å². The lowest BCUT2D eigenvalue weighted by molar-refractivity contribution is -0.137. The molecular formula is C22H20F3N3O2. The molecule has 0 aliphatic carbocycles. The number of hydrogen-bond donors (Lipinski definition) is 1. The van der Waals surface area contributed by atoms with Gasteiger partial charge in [0.15, 0.2) is 0 Å². The van der Waals surface area contributed by atoms with Crippen LogP contribution in [-0.4, -0.2) is 15.7 Å². The topological polar surface area (TPSA) is 64.0 Å². The van der Waals surface area contributed by atoms with Gasteiger partial charge < -0.3 is 5.32 Å². The average molecular weight is 415 g/mol. The second-order valence-corrected chi connectivity index (χ2v) is 6.82. The van der Waals surface area contributed by atoms with Gasteiger partial charge in [0.25, 0.3) is 5.56 Å². The first-order chi connectivity index (χ1) is 14.2. The fraction of sp³-hybridized carbons (Fsp3) is 0.227. The third-order valence-electron chi connectivity index (χ3n) is 4.49. The average Bonchev–Trinajstić information content (AvgIpc) is 2.69. The Morgan fingerprint density at radius 3 is 2.43 bits per heavy atom. The minimum atomic E-state index is -4.45. The summed E-state index contributed by atoms with van der Waals surface area (Å²) in [5.41, 5.74) is 1.37. The Balaban J connectivity index is 1.94. The van der Waals surface area contributed by atoms with Gasteiger partial charge in [0.1, 0.15) is 0 Å². The number of hydrogen-bond acceptors (Lipinski definition) is 3. The molecule has 1 amide bonds. The second-order valence-electron chi connectivity index (χ2n) is 6.82. The van der Waals surface area contributed by atoms with Gasteiger partial charge in [0, 0.05) is 23.7 Å². The molecule has 0 bridgehead atoms. The summed E-state index contributed by atoms with van der Waals surface area (Å²) in [6, 6.07) is 12.7. The molecule has 0 radical (unpaired) electrons. The lowest BCUT2D eigenvalue weighted by Gasteiger charge is -2.12. The van der Waals surface area contributed by atoms with E-state index in [9.17, 15) is 22.8 Å². The lowest BCUT2D eigenvalue weighted by Crippen LogP contribution is -2.22. The van der Waals surface area contributed by atoms with Gasteiger partial charge in [-0.2, -0.15) is 23.0 Å². The third kappa shape index (κ3) is 4.76. The highest BCUT2D eigenvalue weighted by Gasteiger charge is 2.30. The van der Waals surface area contributed by atoms with E-state index in [0.717, 1.165) is 23.2 Å². The van der Waals surface area contributed by atoms with Gasteiger partial charge in [-0.05, 0) is 55.3 Å². The van der Waals surface area contributed by atoms with Crippen molar-refractivity contribution in [2.75, 3.05) is 5.32 Å². The third-order valence-corrected chi connectivity index (χ3v) is 4.49. The van der Waals surface area contributed by atoms with Crippen molar-refractivity contribution >= 4 is 11.6 Å². The molecule has 0 saturated heterocycles. The second kappa shape index (κ2) is 8.52. The molecule has 1 aromatic heterocycles. The van der Waals surface area contributed by atoms with Crippen molar-refractivity contribution in [3.63, 3.8) is 0 Å². The van der Waals surface area contributed by atoms with E-state index in [-0.39, 0.29) is 11.6 Å². The summed E-state index contributed by atoms with van der Waals surface area (Å²) < 4.78 is 39.3. The predicted molar refractivity (Wildman–Crippen MR) is 109 cm³/mol. The van der Waals surface area contributed by atoms with E-state index in [0.29, 0.717) is 28.9 Å². The Bertz CT molecular complexity index is 1120. The molecule has 0 fully saturated rings. The van der Waals surface area contributed by atoms with Crippen molar-refractivity contribution in [2.24, 2.45) is 0 Å². The van der Waals surface area contributed by atoms with Crippen molar-refractivity contribution in [3.8, 4) is 16.8 Å². The highest BCUT2D eigenvalue weighted by Crippen LogP contribution is 2.29. The summed E-state index contributed by atoms with van der Waals surface area (Å²) in [5.74, 6) is -0.0952. The van der Waals surface area contributed by atoms with Crippen LogP contribution in [0.1, 0.15) is 31.0 Å². The van der Waals surface area contributed by atoms with Gasteiger partial charge in [-0.25, -0.2) is 0 Å². The molecule has 0 aliphatic heterocycles. The number of nitrogens with one attached hydrogen (secondary N) is 1. The normalized spacial score (nSPS) is 11.4. The van der Waals surface area contributed by atoms with E-state index in [1.165, 1.54) is 18.2 Å². The summed E-state index contributed by atoms with van der Waals surface area (Å²) >= 11 is 0. The number of benzene rings is 2. The van der Waals surface area contributed by atoms with Gasteiger partial charge >= 0.3 is 6.18 Å². The maximum atomic E-state index is 12.8. The zero-order chi connectivity index (χ0) is 21.9. The smallest absolute Gasteiger partial charge is 0.326 e. The molecule has 5 nitrogen and oxygen atoms in total. The van der Waals surface area contributed by atoms with Crippen molar-refractivity contribution in [3.05, 3.63) is 76.2 Å². The highest BCUT2D eigenvalue weighted by molar-refractivity contribution is 5.91. The monoisotopic (exact) mass is 415 g/mol. The van der Waals surface area contributed by atoms with Gasteiger partial charge in [-0.15, -0.1) is 0 Å². The molecule has 1 heterocycles. The standard InChI is InChI=1S/C22H20F3N3O2/c1-3-5-20(29)26-17-7-4-6-15(12-17)19-13-21(30)28(27-14(19)2)18-10-8-16(9-11-18)22(23,24)25/h4,6-13H,3,5H2,1-2H3,(H,26,29). The highest BCUT2D eigenvalue weighted by atomic mass is 19.4. The summed E-state index contributed by atoms with van der Waals surface area (Å²) in [7, 11) is 0. The maximum absolute atomic E-state index is 12.8. The molecule has 8 heteroatoms. The van der Waals surface area contributed by atoms with E-state index in [2.05, 4.69) is 10.4 Å². The molecule has 0 saturated carbocycles. The van der Waals surface area contributed by atoms with Crippen LogP contribution in [0, 0.1) is 6.92 Å². The van der Waals surface area contributed by atoms with Crippen LogP contribution in [0.15, 0.2) is 59.4 Å². The molecule has 0 aliphatic rings. The Kier molecular flexibility index (Phi) is 6.05. The number of halogens is 3. The van der Waals surface area contributed by atoms with E-state index in [1.807, 2.05) is 6.92 Å². The van der Waals surface area contributed by atoms with Gasteiger partial charge in [-0.3, -0.25) is 9.59 Å². The van der Waals surface area contributed by atoms with E-state index in [1.54, 1.807) is 31.2 Å². The number of aromatic nitrogens is 2. The van der Waals surface area contributed by atoms with Gasteiger partial charge in [-0.1, -0.05) is 19.1 Å². The summed E-state index contributed by atoms with van der Waals surface area (Å²) in [4.78, 5) is 24.4. The van der Waals surface area contributed by atoms with Crippen molar-refractivity contribution < 1.29 is 18.0 Å². The zero-order valence-corrected chi connectivity index (χ0v) is 16.5. The Morgan fingerprint density at radius 1 is 1.10 bits per heavy atom. The summed E-state index contributed by atoms with van der Waals surface area (Å²) in [6.45, 7) is 3.62. The van der Waals surface area contributed by atoms with E-state index < -0.39 is 17.3 Å². The fourth-order valence-electron chi connectivity index (χ4n) is 3.03. The Labute approximate surface area is 171 Å². The van der Waals surface area contributed by atoms with Crippen LogP contribution >= 0.6 is 0 Å². The van der Waals surface area contributed by atoms with Crippen LogP contribution in [-0.2, 0) is 11.0 Å². The predicted octanol–water partition coefficient (Wildman–Crippen LogP) is 4.97.